The number of carbonyl (C=O) groups excluding carboxylic acids is 1. The van der Waals surface area contributed by atoms with Crippen molar-refractivity contribution in [1.82, 2.24) is 4.90 Å². The molecule has 1 amide bonds. The molecule has 17 heavy (non-hydrogen) atoms. The quantitative estimate of drug-likeness (QED) is 0.781. The van der Waals surface area contributed by atoms with Crippen LogP contribution in [0.3, 0.4) is 0 Å². The zero-order valence-corrected chi connectivity index (χ0v) is 10.4. The van der Waals surface area contributed by atoms with Crippen LogP contribution in [0.15, 0.2) is 18.2 Å². The summed E-state index contributed by atoms with van der Waals surface area (Å²) in [5.41, 5.74) is 6.21. The van der Waals surface area contributed by atoms with Gasteiger partial charge in [0.1, 0.15) is 0 Å². The zero-order valence-electron chi connectivity index (χ0n) is 10.4. The third-order valence-electron chi connectivity index (χ3n) is 2.44. The van der Waals surface area contributed by atoms with Gasteiger partial charge in [-0.2, -0.15) is 0 Å². The second-order valence-electron chi connectivity index (χ2n) is 3.61. The van der Waals surface area contributed by atoms with Gasteiger partial charge in [-0.05, 0) is 19.1 Å². The lowest BCUT2D eigenvalue weighted by Crippen LogP contribution is -2.31. The first-order valence-corrected chi connectivity index (χ1v) is 5.38. The fourth-order valence-electron chi connectivity index (χ4n) is 1.23. The second kappa shape index (κ2) is 5.98. The first-order chi connectivity index (χ1) is 8.08. The molecule has 0 fully saturated rings. The summed E-state index contributed by atoms with van der Waals surface area (Å²) in [6, 6.07) is 5.04. The summed E-state index contributed by atoms with van der Waals surface area (Å²) in [6.07, 6.45) is 0. The van der Waals surface area contributed by atoms with Crippen LogP contribution >= 0.6 is 0 Å². The van der Waals surface area contributed by atoms with Gasteiger partial charge in [0.2, 0.25) is 0 Å². The molecule has 94 valence electrons. The van der Waals surface area contributed by atoms with Gasteiger partial charge in [-0.1, -0.05) is 0 Å². The zero-order chi connectivity index (χ0) is 12.8. The molecule has 0 aromatic heterocycles. The van der Waals surface area contributed by atoms with Crippen LogP contribution in [0.4, 0.5) is 5.69 Å². The fraction of sp³-hybridized carbons (Fsp3) is 0.417. The molecule has 5 heteroatoms. The van der Waals surface area contributed by atoms with Gasteiger partial charge >= 0.3 is 0 Å². The van der Waals surface area contributed by atoms with Crippen LogP contribution in [0.2, 0.25) is 0 Å². The molecular formula is C12H18N2O3. The number of anilines is 1. The van der Waals surface area contributed by atoms with Gasteiger partial charge < -0.3 is 20.1 Å². The summed E-state index contributed by atoms with van der Waals surface area (Å²) in [5.74, 6) is 0.961. The fourth-order valence-corrected chi connectivity index (χ4v) is 1.23. The van der Waals surface area contributed by atoms with E-state index in [4.69, 9.17) is 15.2 Å². The lowest BCUT2D eigenvalue weighted by atomic mass is 10.3. The van der Waals surface area contributed by atoms with E-state index in [1.807, 2.05) is 6.92 Å². The molecular weight excluding hydrogens is 220 g/mol. The maximum absolute atomic E-state index is 11.5. The summed E-state index contributed by atoms with van der Waals surface area (Å²) in [4.78, 5) is 13.1. The molecule has 5 nitrogen and oxygen atoms in total. The largest absolute Gasteiger partial charge is 0.493 e. The second-order valence-corrected chi connectivity index (χ2v) is 3.61. The maximum atomic E-state index is 11.5. The highest BCUT2D eigenvalue weighted by Gasteiger charge is 2.10. The predicted molar refractivity (Wildman–Crippen MR) is 66.2 cm³/mol. The lowest BCUT2D eigenvalue weighted by Gasteiger charge is -2.16. The van der Waals surface area contributed by atoms with Gasteiger partial charge in [-0.15, -0.1) is 0 Å². The molecule has 0 aliphatic heterocycles. The van der Waals surface area contributed by atoms with Gasteiger partial charge in [0.05, 0.1) is 7.11 Å². The van der Waals surface area contributed by atoms with Gasteiger partial charge in [-0.3, -0.25) is 4.79 Å². The summed E-state index contributed by atoms with van der Waals surface area (Å²) in [6.45, 7) is 2.55. The Morgan fingerprint density at radius 2 is 2.12 bits per heavy atom. The van der Waals surface area contributed by atoms with E-state index in [9.17, 15) is 4.79 Å². The van der Waals surface area contributed by atoms with Crippen LogP contribution in [0.25, 0.3) is 0 Å². The van der Waals surface area contributed by atoms with E-state index in [0.29, 0.717) is 23.7 Å². The Hall–Kier alpha value is -1.91. The normalized spacial score (nSPS) is 9.82. The van der Waals surface area contributed by atoms with Crippen molar-refractivity contribution < 1.29 is 14.3 Å². The summed E-state index contributed by atoms with van der Waals surface area (Å²) < 4.78 is 10.5. The molecule has 0 bridgehead atoms. The number of hydrogen-bond donors (Lipinski definition) is 1. The number of nitrogen functional groups attached to an aromatic ring is 1. The van der Waals surface area contributed by atoms with E-state index in [1.54, 1.807) is 30.1 Å². The topological polar surface area (TPSA) is 64.8 Å². The Morgan fingerprint density at radius 3 is 2.71 bits per heavy atom. The molecule has 0 atom stereocenters. The molecule has 0 saturated heterocycles. The third-order valence-corrected chi connectivity index (χ3v) is 2.44. The SMILES string of the molecule is CCN(C)C(=O)COc1ccc(N)cc1OC. The van der Waals surface area contributed by atoms with Crippen LogP contribution in [0.1, 0.15) is 6.92 Å². The van der Waals surface area contributed by atoms with Gasteiger partial charge in [0, 0.05) is 25.3 Å². The molecule has 0 radical (unpaired) electrons. The third kappa shape index (κ3) is 3.55. The predicted octanol–water partition coefficient (Wildman–Crippen LogP) is 1.13. The monoisotopic (exact) mass is 238 g/mol. The van der Waals surface area contributed by atoms with Crippen LogP contribution in [-0.4, -0.2) is 38.1 Å². The van der Waals surface area contributed by atoms with Crippen LogP contribution in [0, 0.1) is 0 Å². The number of likely N-dealkylation sites (N-methyl/N-ethyl adjacent to an activating group) is 1. The lowest BCUT2D eigenvalue weighted by molar-refractivity contribution is -0.131. The molecule has 1 aromatic rings. The molecule has 1 aromatic carbocycles. The molecule has 1 rings (SSSR count). The molecule has 0 heterocycles. The number of methoxy groups -OCH3 is 1. The highest BCUT2D eigenvalue weighted by atomic mass is 16.5. The van der Waals surface area contributed by atoms with Gasteiger partial charge in [-0.25, -0.2) is 0 Å². The highest BCUT2D eigenvalue weighted by Crippen LogP contribution is 2.28. The standard InChI is InChI=1S/C12H18N2O3/c1-4-14(2)12(15)8-17-10-6-5-9(13)7-11(10)16-3/h5-7H,4,8,13H2,1-3H3. The Bertz CT molecular complexity index is 393. The van der Waals surface area contributed by atoms with Crippen molar-refractivity contribution in [1.29, 1.82) is 0 Å². The number of carbonyl (C=O) groups is 1. The van der Waals surface area contributed by atoms with Crippen molar-refractivity contribution in [3.05, 3.63) is 18.2 Å². The van der Waals surface area contributed by atoms with Gasteiger partial charge in [0.15, 0.2) is 18.1 Å². The Kier molecular flexibility index (Phi) is 4.63. The number of nitrogens with two attached hydrogens (primary N) is 1. The van der Waals surface area contributed by atoms with Crippen LogP contribution < -0.4 is 15.2 Å². The average Bonchev–Trinajstić information content (AvgIpc) is 2.35. The average molecular weight is 238 g/mol. The highest BCUT2D eigenvalue weighted by molar-refractivity contribution is 5.77. The van der Waals surface area contributed by atoms with Crippen molar-refractivity contribution in [3.8, 4) is 11.5 Å². The maximum Gasteiger partial charge on any atom is 0.260 e. The van der Waals surface area contributed by atoms with Gasteiger partial charge in [0.25, 0.3) is 5.91 Å². The Balaban J connectivity index is 2.66. The Morgan fingerprint density at radius 1 is 1.41 bits per heavy atom. The van der Waals surface area contributed by atoms with E-state index in [1.165, 1.54) is 7.11 Å². The first kappa shape index (κ1) is 13.2. The summed E-state index contributed by atoms with van der Waals surface area (Å²) in [7, 11) is 3.26. The molecule has 0 unspecified atom stereocenters. The van der Waals surface area contributed by atoms with Crippen molar-refractivity contribution in [2.24, 2.45) is 0 Å². The number of amides is 1. The van der Waals surface area contributed by atoms with Crippen molar-refractivity contribution >= 4 is 11.6 Å². The van der Waals surface area contributed by atoms with E-state index < -0.39 is 0 Å². The van der Waals surface area contributed by atoms with E-state index in [2.05, 4.69) is 0 Å². The van der Waals surface area contributed by atoms with Crippen LogP contribution in [-0.2, 0) is 4.79 Å². The molecule has 2 N–H and O–H groups in total. The van der Waals surface area contributed by atoms with E-state index in [-0.39, 0.29) is 12.5 Å². The number of benzene rings is 1. The van der Waals surface area contributed by atoms with Crippen molar-refractivity contribution in [2.75, 3.05) is 33.0 Å². The molecule has 0 aliphatic carbocycles. The van der Waals surface area contributed by atoms with Crippen molar-refractivity contribution in [3.63, 3.8) is 0 Å². The number of rotatable bonds is 5. The smallest absolute Gasteiger partial charge is 0.260 e. The van der Waals surface area contributed by atoms with Crippen molar-refractivity contribution in [2.45, 2.75) is 6.92 Å². The minimum Gasteiger partial charge on any atom is -0.493 e. The molecule has 0 spiro atoms. The first-order valence-electron chi connectivity index (χ1n) is 5.38. The summed E-state index contributed by atoms with van der Waals surface area (Å²) in [5, 5.41) is 0. The van der Waals surface area contributed by atoms with Crippen LogP contribution in [0.5, 0.6) is 11.5 Å². The summed E-state index contributed by atoms with van der Waals surface area (Å²) >= 11 is 0. The minimum atomic E-state index is -0.0774. The van der Waals surface area contributed by atoms with E-state index >= 15 is 0 Å². The Labute approximate surface area is 101 Å². The minimum absolute atomic E-state index is 0.00931. The molecule has 0 aliphatic rings. The number of ether oxygens (including phenoxy) is 2. The number of nitrogens with zero attached hydrogens (tertiary/aromatic N) is 1. The van der Waals surface area contributed by atoms with E-state index in [0.717, 1.165) is 0 Å². The molecule has 0 saturated carbocycles. The number of hydrogen-bond acceptors (Lipinski definition) is 4.